The molecule has 1 rings (SSSR count). The zero-order valence-corrected chi connectivity index (χ0v) is 9.47. The van der Waals surface area contributed by atoms with Crippen LogP contribution in [0.4, 0.5) is 17.6 Å². The highest BCUT2D eigenvalue weighted by Crippen LogP contribution is 2.18. The molecular formula is C11H11F4NO2. The van der Waals surface area contributed by atoms with E-state index in [0.29, 0.717) is 5.56 Å². The fraction of sp³-hybridized carbons (Fsp3) is 0.364. The lowest BCUT2D eigenvalue weighted by Crippen LogP contribution is -2.36. The molecule has 0 bridgehead atoms. The van der Waals surface area contributed by atoms with Crippen molar-refractivity contribution in [1.82, 2.24) is 5.32 Å². The Morgan fingerprint density at radius 2 is 2.06 bits per heavy atom. The van der Waals surface area contributed by atoms with E-state index in [2.05, 4.69) is 0 Å². The molecule has 0 unspecified atom stereocenters. The highest BCUT2D eigenvalue weighted by molar-refractivity contribution is 5.77. The second kappa shape index (κ2) is 5.70. The second-order valence-corrected chi connectivity index (χ2v) is 3.59. The van der Waals surface area contributed by atoms with Gasteiger partial charge in [0, 0.05) is 0 Å². The van der Waals surface area contributed by atoms with Gasteiger partial charge in [0.25, 0.3) is 5.91 Å². The van der Waals surface area contributed by atoms with Gasteiger partial charge in [-0.3, -0.25) is 4.79 Å². The van der Waals surface area contributed by atoms with Gasteiger partial charge >= 0.3 is 6.18 Å². The maximum atomic E-state index is 12.7. The van der Waals surface area contributed by atoms with Crippen molar-refractivity contribution in [2.45, 2.75) is 13.1 Å². The SMILES string of the molecule is Cc1cc(F)ccc1OCC(=O)NCC(F)(F)F. The fourth-order valence-corrected chi connectivity index (χ4v) is 1.17. The van der Waals surface area contributed by atoms with Gasteiger partial charge in [0.1, 0.15) is 18.1 Å². The molecule has 0 saturated heterocycles. The van der Waals surface area contributed by atoms with Gasteiger partial charge in [-0.25, -0.2) is 4.39 Å². The molecular weight excluding hydrogens is 254 g/mol. The van der Waals surface area contributed by atoms with Crippen LogP contribution >= 0.6 is 0 Å². The van der Waals surface area contributed by atoms with Gasteiger partial charge in [-0.15, -0.1) is 0 Å². The Kier molecular flexibility index (Phi) is 4.52. The number of ether oxygens (including phenoxy) is 1. The van der Waals surface area contributed by atoms with E-state index in [1.54, 1.807) is 12.2 Å². The zero-order valence-electron chi connectivity index (χ0n) is 9.47. The number of carbonyl (C=O) groups excluding carboxylic acids is 1. The summed E-state index contributed by atoms with van der Waals surface area (Å²) in [4.78, 5) is 11.0. The molecule has 18 heavy (non-hydrogen) atoms. The highest BCUT2D eigenvalue weighted by Gasteiger charge is 2.27. The van der Waals surface area contributed by atoms with Crippen LogP contribution in [0.2, 0.25) is 0 Å². The van der Waals surface area contributed by atoms with E-state index < -0.39 is 31.1 Å². The summed E-state index contributed by atoms with van der Waals surface area (Å²) in [6.45, 7) is -0.397. The molecule has 0 radical (unpaired) electrons. The van der Waals surface area contributed by atoms with E-state index >= 15 is 0 Å². The maximum absolute atomic E-state index is 12.7. The largest absolute Gasteiger partial charge is 0.484 e. The first-order valence-corrected chi connectivity index (χ1v) is 5.00. The average Bonchev–Trinajstić information content (AvgIpc) is 2.24. The number of alkyl halides is 3. The molecule has 1 aromatic carbocycles. The van der Waals surface area contributed by atoms with Crippen molar-refractivity contribution >= 4 is 5.91 Å². The minimum atomic E-state index is -4.46. The summed E-state index contributed by atoms with van der Waals surface area (Å²) in [5.41, 5.74) is 0.457. The van der Waals surface area contributed by atoms with Crippen molar-refractivity contribution in [3.05, 3.63) is 29.6 Å². The van der Waals surface area contributed by atoms with Crippen LogP contribution in [0, 0.1) is 12.7 Å². The van der Waals surface area contributed by atoms with Crippen molar-refractivity contribution in [3.63, 3.8) is 0 Å². The Bertz CT molecular complexity index is 432. The Labute approximate surface area is 101 Å². The molecule has 0 aliphatic carbocycles. The fourth-order valence-electron chi connectivity index (χ4n) is 1.17. The molecule has 1 N–H and O–H groups in total. The van der Waals surface area contributed by atoms with E-state index in [4.69, 9.17) is 4.74 Å². The predicted octanol–water partition coefficient (Wildman–Crippen LogP) is 2.19. The van der Waals surface area contributed by atoms with Crippen molar-refractivity contribution in [3.8, 4) is 5.75 Å². The Hall–Kier alpha value is -1.79. The predicted molar refractivity (Wildman–Crippen MR) is 55.7 cm³/mol. The third kappa shape index (κ3) is 5.03. The first kappa shape index (κ1) is 14.3. The molecule has 3 nitrogen and oxygen atoms in total. The number of hydrogen-bond acceptors (Lipinski definition) is 2. The second-order valence-electron chi connectivity index (χ2n) is 3.59. The van der Waals surface area contributed by atoms with Crippen LogP contribution in [0.25, 0.3) is 0 Å². The molecule has 7 heteroatoms. The summed E-state index contributed by atoms with van der Waals surface area (Å²) in [5, 5.41) is 1.66. The van der Waals surface area contributed by atoms with Gasteiger partial charge in [-0.2, -0.15) is 13.2 Å². The number of carbonyl (C=O) groups is 1. The zero-order chi connectivity index (χ0) is 13.8. The molecule has 0 aliphatic rings. The van der Waals surface area contributed by atoms with Gasteiger partial charge in [-0.05, 0) is 30.7 Å². The van der Waals surface area contributed by atoms with Crippen molar-refractivity contribution in [2.24, 2.45) is 0 Å². The molecule has 100 valence electrons. The van der Waals surface area contributed by atoms with E-state index in [1.807, 2.05) is 0 Å². The highest BCUT2D eigenvalue weighted by atomic mass is 19.4. The van der Waals surface area contributed by atoms with Gasteiger partial charge in [0.2, 0.25) is 0 Å². The lowest BCUT2D eigenvalue weighted by molar-refractivity contribution is -0.139. The molecule has 0 saturated carbocycles. The quantitative estimate of drug-likeness (QED) is 0.847. The molecule has 0 spiro atoms. The summed E-state index contributed by atoms with van der Waals surface area (Å²) >= 11 is 0. The summed E-state index contributed by atoms with van der Waals surface area (Å²) in [6, 6.07) is 3.64. The van der Waals surface area contributed by atoms with Crippen LogP contribution in [0.3, 0.4) is 0 Å². The maximum Gasteiger partial charge on any atom is 0.405 e. The topological polar surface area (TPSA) is 38.3 Å². The normalized spacial score (nSPS) is 11.2. The third-order valence-electron chi connectivity index (χ3n) is 1.98. The number of rotatable bonds is 4. The van der Waals surface area contributed by atoms with Crippen LogP contribution in [-0.4, -0.2) is 25.2 Å². The van der Waals surface area contributed by atoms with Crippen LogP contribution in [0.1, 0.15) is 5.56 Å². The number of benzene rings is 1. The molecule has 0 aliphatic heterocycles. The summed E-state index contributed by atoms with van der Waals surface area (Å²) < 4.78 is 53.1. The first-order valence-electron chi connectivity index (χ1n) is 5.00. The minimum absolute atomic E-state index is 0.249. The first-order chi connectivity index (χ1) is 8.28. The van der Waals surface area contributed by atoms with E-state index in [9.17, 15) is 22.4 Å². The van der Waals surface area contributed by atoms with Crippen LogP contribution < -0.4 is 10.1 Å². The smallest absolute Gasteiger partial charge is 0.405 e. The van der Waals surface area contributed by atoms with E-state index in [1.165, 1.54) is 12.1 Å². The number of aryl methyl sites for hydroxylation is 1. The molecule has 0 heterocycles. The van der Waals surface area contributed by atoms with Crippen molar-refractivity contribution < 1.29 is 27.1 Å². The number of halogens is 4. The Morgan fingerprint density at radius 3 is 2.61 bits per heavy atom. The van der Waals surface area contributed by atoms with Crippen molar-refractivity contribution in [1.29, 1.82) is 0 Å². The summed E-state index contributed by atoms with van der Waals surface area (Å²) in [6.07, 6.45) is -4.46. The van der Waals surface area contributed by atoms with Gasteiger partial charge < -0.3 is 10.1 Å². The average molecular weight is 265 g/mol. The van der Waals surface area contributed by atoms with Crippen LogP contribution in [-0.2, 0) is 4.79 Å². The summed E-state index contributed by atoms with van der Waals surface area (Å²) in [7, 11) is 0. The van der Waals surface area contributed by atoms with Crippen LogP contribution in [0.15, 0.2) is 18.2 Å². The molecule has 0 atom stereocenters. The Morgan fingerprint density at radius 1 is 1.39 bits per heavy atom. The molecule has 0 aromatic heterocycles. The molecule has 1 aromatic rings. The number of hydrogen-bond donors (Lipinski definition) is 1. The minimum Gasteiger partial charge on any atom is -0.484 e. The summed E-state index contributed by atoms with van der Waals surface area (Å²) in [5.74, 6) is -1.10. The monoisotopic (exact) mass is 265 g/mol. The van der Waals surface area contributed by atoms with Gasteiger partial charge in [0.15, 0.2) is 6.61 Å². The van der Waals surface area contributed by atoms with Gasteiger partial charge in [0.05, 0.1) is 0 Å². The number of amides is 1. The Balaban J connectivity index is 2.43. The lowest BCUT2D eigenvalue weighted by Gasteiger charge is -2.10. The standard InChI is InChI=1S/C11H11F4NO2/c1-7-4-8(12)2-3-9(7)18-5-10(17)16-6-11(13,14)15/h2-4H,5-6H2,1H3,(H,16,17). The van der Waals surface area contributed by atoms with Crippen molar-refractivity contribution in [2.75, 3.05) is 13.2 Å². The third-order valence-corrected chi connectivity index (χ3v) is 1.98. The van der Waals surface area contributed by atoms with Crippen LogP contribution in [0.5, 0.6) is 5.75 Å². The molecule has 1 amide bonds. The van der Waals surface area contributed by atoms with E-state index in [-0.39, 0.29) is 5.75 Å². The van der Waals surface area contributed by atoms with Gasteiger partial charge in [-0.1, -0.05) is 0 Å². The molecule has 0 fully saturated rings. The van der Waals surface area contributed by atoms with E-state index in [0.717, 1.165) is 6.07 Å². The lowest BCUT2D eigenvalue weighted by atomic mass is 10.2. The number of nitrogens with one attached hydrogen (secondary N) is 1.